The number of likely N-dealkylation sites (N-methyl/N-ethyl adjacent to an activating group) is 1. The van der Waals surface area contributed by atoms with Gasteiger partial charge in [-0.15, -0.1) is 0 Å². The van der Waals surface area contributed by atoms with Crippen LogP contribution < -0.4 is 10.6 Å². The molecule has 2 heterocycles. The molecule has 7 heteroatoms. The van der Waals surface area contributed by atoms with E-state index in [2.05, 4.69) is 15.6 Å². The number of carbonyl (C=O) groups is 1. The molecule has 2 saturated carbocycles. The average Bonchev–Trinajstić information content (AvgIpc) is 3.37. The highest BCUT2D eigenvalue weighted by Gasteiger charge is 2.42. The van der Waals surface area contributed by atoms with Crippen LogP contribution in [0, 0.1) is 11.8 Å². The van der Waals surface area contributed by atoms with E-state index in [0.717, 1.165) is 49.4 Å². The van der Waals surface area contributed by atoms with E-state index in [4.69, 9.17) is 4.74 Å². The van der Waals surface area contributed by atoms with Crippen LogP contribution in [-0.4, -0.2) is 73.2 Å². The zero-order chi connectivity index (χ0) is 18.9. The second kappa shape index (κ2) is 8.19. The molecule has 2 aliphatic carbocycles. The molecule has 152 valence electrons. The van der Waals surface area contributed by atoms with Crippen LogP contribution >= 0.6 is 11.8 Å². The Hall–Kier alpha value is -0.950. The van der Waals surface area contributed by atoms with Gasteiger partial charge in [0.2, 0.25) is 5.91 Å². The normalized spacial score (nSPS) is 38.4. The molecule has 2 aliphatic heterocycles. The minimum Gasteiger partial charge on any atom is -0.374 e. The molecule has 0 radical (unpaired) electrons. The van der Waals surface area contributed by atoms with Gasteiger partial charge in [0, 0.05) is 38.5 Å². The number of nitrogens with one attached hydrogen (secondary N) is 2. The molecule has 4 fully saturated rings. The summed E-state index contributed by atoms with van der Waals surface area (Å²) in [5.74, 6) is 4.85. The lowest BCUT2D eigenvalue weighted by Crippen LogP contribution is -2.54. The van der Waals surface area contributed by atoms with Gasteiger partial charge in [0.25, 0.3) is 0 Å². The Morgan fingerprint density at radius 1 is 1.26 bits per heavy atom. The summed E-state index contributed by atoms with van der Waals surface area (Å²) >= 11 is 2.00. The maximum Gasteiger partial charge on any atom is 0.243 e. The summed E-state index contributed by atoms with van der Waals surface area (Å²) in [4.78, 5) is 18.3. The third-order valence-electron chi connectivity index (χ3n) is 6.83. The summed E-state index contributed by atoms with van der Waals surface area (Å²) in [6.07, 6.45) is 8.54. The Bertz CT molecular complexity index is 576. The number of thioether (sulfide) groups is 1. The van der Waals surface area contributed by atoms with Gasteiger partial charge in [-0.1, -0.05) is 6.42 Å². The fourth-order valence-electron chi connectivity index (χ4n) is 5.23. The third kappa shape index (κ3) is 4.56. The van der Waals surface area contributed by atoms with Gasteiger partial charge in [0.15, 0.2) is 5.96 Å². The summed E-state index contributed by atoms with van der Waals surface area (Å²) < 4.78 is 6.16. The highest BCUT2D eigenvalue weighted by atomic mass is 32.2. The SMILES string of the molecule is CN(C)C(=O)CN=C(NC1CCOC2(CCSC2)C1)NC1CC2CCC1C2. The first kappa shape index (κ1) is 19.4. The number of aliphatic imine (C=N–C) groups is 1. The largest absolute Gasteiger partial charge is 0.374 e. The highest BCUT2D eigenvalue weighted by Crippen LogP contribution is 2.44. The summed E-state index contributed by atoms with van der Waals surface area (Å²) in [5, 5.41) is 7.36. The Labute approximate surface area is 167 Å². The first-order chi connectivity index (χ1) is 13.0. The maximum atomic E-state index is 12.0. The number of amides is 1. The fourth-order valence-corrected chi connectivity index (χ4v) is 6.60. The van der Waals surface area contributed by atoms with E-state index < -0.39 is 0 Å². The monoisotopic (exact) mass is 394 g/mol. The molecule has 1 amide bonds. The van der Waals surface area contributed by atoms with Crippen molar-refractivity contribution in [3.8, 4) is 0 Å². The number of ether oxygens (including phenoxy) is 1. The molecule has 0 aromatic carbocycles. The average molecular weight is 395 g/mol. The van der Waals surface area contributed by atoms with Gasteiger partial charge >= 0.3 is 0 Å². The van der Waals surface area contributed by atoms with Crippen LogP contribution in [-0.2, 0) is 9.53 Å². The third-order valence-corrected chi connectivity index (χ3v) is 8.06. The van der Waals surface area contributed by atoms with Crippen molar-refractivity contribution < 1.29 is 9.53 Å². The number of fused-ring (bicyclic) bond motifs is 2. The number of nitrogens with zero attached hydrogens (tertiary/aromatic N) is 2. The molecule has 5 unspecified atom stereocenters. The number of hydrogen-bond donors (Lipinski definition) is 2. The minimum atomic E-state index is 0.0414. The first-order valence-corrected chi connectivity index (χ1v) is 11.7. The van der Waals surface area contributed by atoms with E-state index in [1.807, 2.05) is 11.8 Å². The Morgan fingerprint density at radius 3 is 2.81 bits per heavy atom. The fraction of sp³-hybridized carbons (Fsp3) is 0.900. The molecular formula is C20H34N4O2S. The van der Waals surface area contributed by atoms with Crippen LogP contribution in [0.15, 0.2) is 4.99 Å². The van der Waals surface area contributed by atoms with Crippen LogP contribution in [0.2, 0.25) is 0 Å². The molecule has 2 bridgehead atoms. The Morgan fingerprint density at radius 2 is 2.15 bits per heavy atom. The van der Waals surface area contributed by atoms with Crippen molar-refractivity contribution in [2.75, 3.05) is 38.8 Å². The number of guanidine groups is 1. The molecular weight excluding hydrogens is 360 g/mol. The number of hydrogen-bond acceptors (Lipinski definition) is 4. The van der Waals surface area contributed by atoms with Gasteiger partial charge < -0.3 is 20.3 Å². The molecule has 0 aromatic heterocycles. The maximum absolute atomic E-state index is 12.0. The van der Waals surface area contributed by atoms with Gasteiger partial charge in [0.1, 0.15) is 6.54 Å². The van der Waals surface area contributed by atoms with Gasteiger partial charge in [-0.3, -0.25) is 4.79 Å². The van der Waals surface area contributed by atoms with Crippen LogP contribution in [0.5, 0.6) is 0 Å². The molecule has 1 spiro atoms. The van der Waals surface area contributed by atoms with E-state index in [1.165, 1.54) is 31.4 Å². The molecule has 2 N–H and O–H groups in total. The molecule has 27 heavy (non-hydrogen) atoms. The van der Waals surface area contributed by atoms with Gasteiger partial charge in [-0.05, 0) is 56.1 Å². The van der Waals surface area contributed by atoms with Crippen molar-refractivity contribution in [3.05, 3.63) is 0 Å². The lowest BCUT2D eigenvalue weighted by Gasteiger charge is -2.39. The second-order valence-electron chi connectivity index (χ2n) is 9.05. The number of rotatable bonds is 4. The summed E-state index contributed by atoms with van der Waals surface area (Å²) in [7, 11) is 3.57. The van der Waals surface area contributed by atoms with Crippen molar-refractivity contribution >= 4 is 23.6 Å². The Balaban J connectivity index is 1.40. The van der Waals surface area contributed by atoms with E-state index >= 15 is 0 Å². The van der Waals surface area contributed by atoms with E-state index in [-0.39, 0.29) is 18.1 Å². The lowest BCUT2D eigenvalue weighted by atomic mass is 9.90. The quantitative estimate of drug-likeness (QED) is 0.563. The van der Waals surface area contributed by atoms with Crippen LogP contribution in [0.1, 0.15) is 44.9 Å². The van der Waals surface area contributed by atoms with Gasteiger partial charge in [0.05, 0.1) is 5.60 Å². The lowest BCUT2D eigenvalue weighted by molar-refractivity contribution is -0.127. The van der Waals surface area contributed by atoms with E-state index in [9.17, 15) is 4.79 Å². The molecule has 5 atom stereocenters. The molecule has 2 saturated heterocycles. The first-order valence-electron chi connectivity index (χ1n) is 10.5. The smallest absolute Gasteiger partial charge is 0.243 e. The van der Waals surface area contributed by atoms with Gasteiger partial charge in [-0.2, -0.15) is 11.8 Å². The second-order valence-corrected chi connectivity index (χ2v) is 10.2. The predicted octanol–water partition coefficient (Wildman–Crippen LogP) is 1.85. The Kier molecular flexibility index (Phi) is 5.88. The summed E-state index contributed by atoms with van der Waals surface area (Å²) in [5.41, 5.74) is 0.0532. The standard InChI is InChI=1S/C20H34N4O2S/c1-24(2)18(25)12-21-19(23-17-10-14-3-4-15(17)9-14)22-16-5-7-26-20(11-16)6-8-27-13-20/h14-17H,3-13H2,1-2H3,(H2,21,22,23). The van der Waals surface area contributed by atoms with Crippen molar-refractivity contribution in [2.24, 2.45) is 16.8 Å². The zero-order valence-corrected chi connectivity index (χ0v) is 17.5. The van der Waals surface area contributed by atoms with Crippen LogP contribution in [0.4, 0.5) is 0 Å². The molecule has 6 nitrogen and oxygen atoms in total. The van der Waals surface area contributed by atoms with Gasteiger partial charge in [-0.25, -0.2) is 4.99 Å². The molecule has 4 rings (SSSR count). The predicted molar refractivity (Wildman–Crippen MR) is 110 cm³/mol. The summed E-state index contributed by atoms with van der Waals surface area (Å²) in [6.45, 7) is 1.02. The topological polar surface area (TPSA) is 66.0 Å². The van der Waals surface area contributed by atoms with Crippen molar-refractivity contribution in [1.82, 2.24) is 15.5 Å². The van der Waals surface area contributed by atoms with Crippen molar-refractivity contribution in [1.29, 1.82) is 0 Å². The molecule has 0 aromatic rings. The van der Waals surface area contributed by atoms with E-state index in [0.29, 0.717) is 12.1 Å². The zero-order valence-electron chi connectivity index (χ0n) is 16.7. The van der Waals surface area contributed by atoms with Crippen LogP contribution in [0.25, 0.3) is 0 Å². The number of carbonyl (C=O) groups excluding carboxylic acids is 1. The van der Waals surface area contributed by atoms with Crippen molar-refractivity contribution in [2.45, 2.75) is 62.6 Å². The molecule has 4 aliphatic rings. The van der Waals surface area contributed by atoms with Crippen molar-refractivity contribution in [3.63, 3.8) is 0 Å². The van der Waals surface area contributed by atoms with E-state index in [1.54, 1.807) is 19.0 Å². The van der Waals surface area contributed by atoms with Crippen LogP contribution in [0.3, 0.4) is 0 Å². The summed E-state index contributed by atoms with van der Waals surface area (Å²) in [6, 6.07) is 0.886. The highest BCUT2D eigenvalue weighted by molar-refractivity contribution is 7.99. The minimum absolute atomic E-state index is 0.0414.